The lowest BCUT2D eigenvalue weighted by Crippen LogP contribution is -2.16. The topological polar surface area (TPSA) is 37.8 Å². The summed E-state index contributed by atoms with van der Waals surface area (Å²) in [4.78, 5) is 9.52. The highest BCUT2D eigenvalue weighted by Gasteiger charge is 2.24. The second kappa shape index (κ2) is 7.61. The summed E-state index contributed by atoms with van der Waals surface area (Å²) in [7, 11) is 0. The number of nitrogens with zero attached hydrogens (tertiary/aromatic N) is 2. The largest absolute Gasteiger partial charge is 0.370 e. The fraction of sp³-hybridized carbons (Fsp3) is 0.765. The zero-order valence-electron chi connectivity index (χ0n) is 13.3. The van der Waals surface area contributed by atoms with Crippen molar-refractivity contribution in [2.24, 2.45) is 5.92 Å². The van der Waals surface area contributed by atoms with Gasteiger partial charge in [0, 0.05) is 24.2 Å². The maximum absolute atomic E-state index is 4.78. The third kappa shape index (κ3) is 3.94. The van der Waals surface area contributed by atoms with E-state index in [0.717, 1.165) is 30.5 Å². The van der Waals surface area contributed by atoms with Crippen molar-refractivity contribution in [3.05, 3.63) is 17.6 Å². The van der Waals surface area contributed by atoms with Gasteiger partial charge in [-0.2, -0.15) is 0 Å². The summed E-state index contributed by atoms with van der Waals surface area (Å²) in [5.74, 6) is 3.60. The quantitative estimate of drug-likeness (QED) is 0.828. The van der Waals surface area contributed by atoms with Crippen molar-refractivity contribution in [2.45, 2.75) is 71.6 Å². The van der Waals surface area contributed by atoms with Crippen molar-refractivity contribution >= 4 is 5.82 Å². The van der Waals surface area contributed by atoms with E-state index >= 15 is 0 Å². The van der Waals surface area contributed by atoms with Gasteiger partial charge in [0.1, 0.15) is 11.6 Å². The highest BCUT2D eigenvalue weighted by atomic mass is 15.0. The zero-order chi connectivity index (χ0) is 14.4. The molecule has 0 amide bonds. The van der Waals surface area contributed by atoms with E-state index in [-0.39, 0.29) is 0 Å². The summed E-state index contributed by atoms with van der Waals surface area (Å²) in [5.41, 5.74) is 1.17. The minimum atomic E-state index is 0.576. The van der Waals surface area contributed by atoms with E-state index in [2.05, 4.69) is 32.2 Å². The smallest absolute Gasteiger partial charge is 0.134 e. The fourth-order valence-electron chi connectivity index (χ4n) is 3.27. The number of aryl methyl sites for hydroxylation is 1. The molecule has 0 atom stereocenters. The van der Waals surface area contributed by atoms with Crippen LogP contribution in [0.5, 0.6) is 0 Å². The maximum atomic E-state index is 4.78. The second-order valence-corrected chi connectivity index (χ2v) is 5.99. The first-order chi connectivity index (χ1) is 9.76. The number of rotatable bonds is 6. The van der Waals surface area contributed by atoms with Crippen LogP contribution in [0.25, 0.3) is 0 Å². The third-order valence-corrected chi connectivity index (χ3v) is 4.43. The normalized spacial score (nSPS) is 22.8. The Morgan fingerprint density at radius 2 is 1.85 bits per heavy atom. The van der Waals surface area contributed by atoms with Crippen molar-refractivity contribution < 1.29 is 0 Å². The molecule has 1 aliphatic carbocycles. The average molecular weight is 275 g/mol. The molecule has 20 heavy (non-hydrogen) atoms. The Hall–Kier alpha value is -1.12. The van der Waals surface area contributed by atoms with Gasteiger partial charge in [0.2, 0.25) is 0 Å². The number of anilines is 1. The predicted molar refractivity (Wildman–Crippen MR) is 85.2 cm³/mol. The second-order valence-electron chi connectivity index (χ2n) is 5.99. The van der Waals surface area contributed by atoms with E-state index in [4.69, 9.17) is 9.97 Å². The molecule has 2 rings (SSSR count). The van der Waals surface area contributed by atoms with Crippen LogP contribution < -0.4 is 5.32 Å². The Morgan fingerprint density at radius 1 is 1.10 bits per heavy atom. The van der Waals surface area contributed by atoms with E-state index in [0.29, 0.717) is 5.92 Å². The van der Waals surface area contributed by atoms with Crippen LogP contribution in [0.2, 0.25) is 0 Å². The van der Waals surface area contributed by atoms with Gasteiger partial charge in [-0.3, -0.25) is 0 Å². The molecule has 1 aromatic heterocycles. The van der Waals surface area contributed by atoms with Crippen LogP contribution >= 0.6 is 0 Å². The summed E-state index contributed by atoms with van der Waals surface area (Å²) in [5, 5.41) is 3.34. The molecule has 0 aromatic carbocycles. The first-order valence-corrected chi connectivity index (χ1v) is 8.38. The number of hydrogen-bond donors (Lipinski definition) is 1. The molecule has 1 aromatic rings. The van der Waals surface area contributed by atoms with Gasteiger partial charge in [-0.15, -0.1) is 0 Å². The summed E-state index contributed by atoms with van der Waals surface area (Å²) < 4.78 is 0. The summed E-state index contributed by atoms with van der Waals surface area (Å²) in [6.45, 7) is 7.49. The molecule has 1 N–H and O–H groups in total. The first-order valence-electron chi connectivity index (χ1n) is 8.38. The molecule has 112 valence electrons. The van der Waals surface area contributed by atoms with Crippen LogP contribution in [0.15, 0.2) is 6.07 Å². The molecule has 0 saturated heterocycles. The number of hydrogen-bond acceptors (Lipinski definition) is 3. The highest BCUT2D eigenvalue weighted by Crippen LogP contribution is 2.36. The lowest BCUT2D eigenvalue weighted by atomic mass is 9.80. The van der Waals surface area contributed by atoms with E-state index in [9.17, 15) is 0 Å². The molecule has 1 saturated carbocycles. The average Bonchev–Trinajstić information content (AvgIpc) is 2.48. The molecule has 0 spiro atoms. The van der Waals surface area contributed by atoms with Gasteiger partial charge in [0.05, 0.1) is 0 Å². The fourth-order valence-corrected chi connectivity index (χ4v) is 3.27. The molecule has 0 unspecified atom stereocenters. The molecule has 0 aliphatic heterocycles. The van der Waals surface area contributed by atoms with Crippen molar-refractivity contribution in [3.8, 4) is 0 Å². The number of nitrogens with one attached hydrogen (secondary N) is 1. The van der Waals surface area contributed by atoms with Gasteiger partial charge in [0.25, 0.3) is 0 Å². The molecular formula is C17H29N3. The zero-order valence-corrected chi connectivity index (χ0v) is 13.3. The molecule has 1 heterocycles. The molecule has 0 bridgehead atoms. The highest BCUT2D eigenvalue weighted by molar-refractivity contribution is 5.36. The van der Waals surface area contributed by atoms with E-state index < -0.39 is 0 Å². The van der Waals surface area contributed by atoms with Crippen molar-refractivity contribution in [1.29, 1.82) is 0 Å². The van der Waals surface area contributed by atoms with E-state index in [1.165, 1.54) is 44.2 Å². The van der Waals surface area contributed by atoms with Gasteiger partial charge in [-0.1, -0.05) is 26.7 Å². The summed E-state index contributed by atoms with van der Waals surface area (Å²) in [6, 6.07) is 2.09. The van der Waals surface area contributed by atoms with Crippen LogP contribution in [0, 0.1) is 5.92 Å². The van der Waals surface area contributed by atoms with Crippen molar-refractivity contribution in [3.63, 3.8) is 0 Å². The Kier molecular flexibility index (Phi) is 5.81. The van der Waals surface area contributed by atoms with Crippen LogP contribution in [0.4, 0.5) is 5.82 Å². The molecular weight excluding hydrogens is 246 g/mol. The Balaban J connectivity index is 2.06. The SMILES string of the molecule is CCCC1CCC(c2nc(CC)cc(NCC)n2)CC1. The third-order valence-electron chi connectivity index (χ3n) is 4.43. The predicted octanol–water partition coefficient (Wildman–Crippen LogP) is 4.54. The van der Waals surface area contributed by atoms with Gasteiger partial charge < -0.3 is 5.32 Å². The Bertz CT molecular complexity index is 409. The van der Waals surface area contributed by atoms with Crippen LogP contribution in [-0.4, -0.2) is 16.5 Å². The first kappa shape index (κ1) is 15.3. The lowest BCUT2D eigenvalue weighted by molar-refractivity contribution is 0.302. The molecule has 1 fully saturated rings. The van der Waals surface area contributed by atoms with Crippen LogP contribution in [-0.2, 0) is 6.42 Å². The minimum absolute atomic E-state index is 0.576. The van der Waals surface area contributed by atoms with Gasteiger partial charge >= 0.3 is 0 Å². The van der Waals surface area contributed by atoms with Crippen LogP contribution in [0.1, 0.15) is 76.7 Å². The molecule has 3 heteroatoms. The summed E-state index contributed by atoms with van der Waals surface area (Å²) in [6.07, 6.45) is 8.95. The molecule has 3 nitrogen and oxygen atoms in total. The Morgan fingerprint density at radius 3 is 2.45 bits per heavy atom. The van der Waals surface area contributed by atoms with Crippen molar-refractivity contribution in [2.75, 3.05) is 11.9 Å². The van der Waals surface area contributed by atoms with Gasteiger partial charge in [-0.25, -0.2) is 9.97 Å². The maximum Gasteiger partial charge on any atom is 0.134 e. The standard InChI is InChI=1S/C17H29N3/c1-4-7-13-8-10-14(11-9-13)17-19-15(5-2)12-16(20-17)18-6-3/h12-14H,4-11H2,1-3H3,(H,18,19,20). The van der Waals surface area contributed by atoms with Gasteiger partial charge in [0.15, 0.2) is 0 Å². The molecule has 0 radical (unpaired) electrons. The summed E-state index contributed by atoms with van der Waals surface area (Å²) >= 11 is 0. The Labute approximate surface area is 123 Å². The van der Waals surface area contributed by atoms with E-state index in [1.807, 2.05) is 0 Å². The van der Waals surface area contributed by atoms with E-state index in [1.54, 1.807) is 0 Å². The minimum Gasteiger partial charge on any atom is -0.370 e. The lowest BCUT2D eigenvalue weighted by Gasteiger charge is -2.27. The van der Waals surface area contributed by atoms with Crippen molar-refractivity contribution in [1.82, 2.24) is 9.97 Å². The van der Waals surface area contributed by atoms with Gasteiger partial charge in [-0.05, 0) is 44.9 Å². The van der Waals surface area contributed by atoms with Crippen LogP contribution in [0.3, 0.4) is 0 Å². The monoisotopic (exact) mass is 275 g/mol. The molecule has 1 aliphatic rings. The number of aromatic nitrogens is 2.